The van der Waals surface area contributed by atoms with E-state index in [1.807, 2.05) is 6.07 Å². The molecule has 6 nitrogen and oxygen atoms in total. The number of rotatable bonds is 4. The van der Waals surface area contributed by atoms with E-state index in [0.29, 0.717) is 16.9 Å². The van der Waals surface area contributed by atoms with Crippen molar-refractivity contribution >= 4 is 26.6 Å². The zero-order valence-corrected chi connectivity index (χ0v) is 11.8. The summed E-state index contributed by atoms with van der Waals surface area (Å²) in [5.41, 5.74) is 1.62. The number of benzene rings is 1. The zero-order valence-electron chi connectivity index (χ0n) is 10.9. The maximum atomic E-state index is 12.3. The lowest BCUT2D eigenvalue weighted by atomic mass is 10.2. The van der Waals surface area contributed by atoms with Gasteiger partial charge in [0, 0.05) is 23.5 Å². The summed E-state index contributed by atoms with van der Waals surface area (Å²) in [5.74, 6) is 0. The van der Waals surface area contributed by atoms with Crippen LogP contribution in [-0.2, 0) is 16.6 Å². The summed E-state index contributed by atoms with van der Waals surface area (Å²) in [6.07, 6.45) is 3.00. The average Bonchev–Trinajstić information content (AvgIpc) is 2.97. The van der Waals surface area contributed by atoms with Gasteiger partial charge in [0.15, 0.2) is 0 Å². The van der Waals surface area contributed by atoms with Crippen LogP contribution in [0.25, 0.3) is 10.9 Å². The van der Waals surface area contributed by atoms with Crippen molar-refractivity contribution in [2.45, 2.75) is 11.5 Å². The van der Waals surface area contributed by atoms with Crippen LogP contribution in [-0.4, -0.2) is 23.5 Å². The molecule has 0 radical (unpaired) electrons. The molecule has 2 heterocycles. The number of hydrogen-bond donors (Lipinski definition) is 3. The van der Waals surface area contributed by atoms with Gasteiger partial charge in [-0.2, -0.15) is 0 Å². The van der Waals surface area contributed by atoms with Crippen LogP contribution >= 0.6 is 0 Å². The van der Waals surface area contributed by atoms with Crippen LogP contribution in [0.5, 0.6) is 0 Å². The van der Waals surface area contributed by atoms with Crippen molar-refractivity contribution in [2.75, 3.05) is 4.72 Å². The number of anilines is 1. The fourth-order valence-electron chi connectivity index (χ4n) is 2.06. The van der Waals surface area contributed by atoms with E-state index in [-0.39, 0.29) is 11.5 Å². The molecule has 3 rings (SSSR count). The number of sulfonamides is 1. The van der Waals surface area contributed by atoms with Crippen molar-refractivity contribution in [3.05, 3.63) is 54.5 Å². The summed E-state index contributed by atoms with van der Waals surface area (Å²) in [4.78, 5) is 6.97. The highest BCUT2D eigenvalue weighted by atomic mass is 32.2. The molecule has 108 valence electrons. The minimum atomic E-state index is -3.71. The van der Waals surface area contributed by atoms with Crippen LogP contribution in [0.2, 0.25) is 0 Å². The first-order valence-corrected chi connectivity index (χ1v) is 7.73. The van der Waals surface area contributed by atoms with E-state index in [9.17, 15) is 8.42 Å². The highest BCUT2D eigenvalue weighted by Crippen LogP contribution is 2.24. The molecule has 0 atom stereocenters. The molecule has 3 aromatic rings. The molecule has 3 N–H and O–H groups in total. The highest BCUT2D eigenvalue weighted by molar-refractivity contribution is 7.92. The molecule has 0 saturated heterocycles. The molecule has 0 amide bonds. The van der Waals surface area contributed by atoms with Crippen molar-refractivity contribution in [2.24, 2.45) is 0 Å². The second-order valence-corrected chi connectivity index (χ2v) is 6.18. The Labute approximate surface area is 121 Å². The van der Waals surface area contributed by atoms with E-state index in [0.717, 1.165) is 5.39 Å². The van der Waals surface area contributed by atoms with Crippen molar-refractivity contribution in [3.63, 3.8) is 0 Å². The summed E-state index contributed by atoms with van der Waals surface area (Å²) < 4.78 is 27.2. The van der Waals surface area contributed by atoms with Gasteiger partial charge in [-0.3, -0.25) is 9.71 Å². The van der Waals surface area contributed by atoms with Gasteiger partial charge in [0.2, 0.25) is 0 Å². The van der Waals surface area contributed by atoms with Crippen molar-refractivity contribution in [1.82, 2.24) is 9.97 Å². The minimum absolute atomic E-state index is 0.0763. The number of fused-ring (bicyclic) bond motifs is 1. The minimum Gasteiger partial charge on any atom is -0.390 e. The molecule has 2 aromatic heterocycles. The van der Waals surface area contributed by atoms with E-state index in [4.69, 9.17) is 5.11 Å². The first-order chi connectivity index (χ1) is 10.1. The number of hydrogen-bond acceptors (Lipinski definition) is 4. The number of nitrogens with zero attached hydrogens (tertiary/aromatic N) is 1. The summed E-state index contributed by atoms with van der Waals surface area (Å²) >= 11 is 0. The smallest absolute Gasteiger partial charge is 0.263 e. The Bertz CT molecular complexity index is 882. The van der Waals surface area contributed by atoms with Gasteiger partial charge in [0.05, 0.1) is 17.8 Å². The SMILES string of the molecule is O=S(=O)(Nc1cccc2ncccc12)c1c[nH]c(CO)c1. The number of nitrogens with one attached hydrogen (secondary N) is 2. The van der Waals surface area contributed by atoms with Gasteiger partial charge in [-0.15, -0.1) is 0 Å². The quantitative estimate of drug-likeness (QED) is 0.685. The van der Waals surface area contributed by atoms with E-state index in [1.54, 1.807) is 30.5 Å². The lowest BCUT2D eigenvalue weighted by Gasteiger charge is -2.09. The molecule has 0 saturated carbocycles. The number of aliphatic hydroxyl groups excluding tert-OH is 1. The Morgan fingerprint density at radius 2 is 2.10 bits per heavy atom. The van der Waals surface area contributed by atoms with Gasteiger partial charge in [-0.05, 0) is 30.3 Å². The average molecular weight is 303 g/mol. The van der Waals surface area contributed by atoms with Gasteiger partial charge >= 0.3 is 0 Å². The van der Waals surface area contributed by atoms with Crippen LogP contribution < -0.4 is 4.72 Å². The maximum Gasteiger partial charge on any atom is 0.263 e. The van der Waals surface area contributed by atoms with Crippen LogP contribution in [0, 0.1) is 0 Å². The Balaban J connectivity index is 2.01. The number of H-pyrrole nitrogens is 1. The molecule has 21 heavy (non-hydrogen) atoms. The normalized spacial score (nSPS) is 11.7. The van der Waals surface area contributed by atoms with Gasteiger partial charge in [0.25, 0.3) is 10.0 Å². The first-order valence-electron chi connectivity index (χ1n) is 6.25. The molecule has 0 bridgehead atoms. The first kappa shape index (κ1) is 13.6. The fraction of sp³-hybridized carbons (Fsp3) is 0.0714. The van der Waals surface area contributed by atoms with Crippen molar-refractivity contribution in [3.8, 4) is 0 Å². The number of aliphatic hydroxyl groups is 1. The lowest BCUT2D eigenvalue weighted by molar-refractivity contribution is 0.277. The van der Waals surface area contributed by atoms with E-state index >= 15 is 0 Å². The van der Waals surface area contributed by atoms with E-state index < -0.39 is 10.0 Å². The molecule has 7 heteroatoms. The zero-order chi connectivity index (χ0) is 14.9. The predicted octanol–water partition coefficient (Wildman–Crippen LogP) is 1.86. The Morgan fingerprint density at radius 1 is 1.24 bits per heavy atom. The topological polar surface area (TPSA) is 95.1 Å². The number of aromatic nitrogens is 2. The molecule has 0 fully saturated rings. The molecule has 0 aliphatic heterocycles. The third-order valence-corrected chi connectivity index (χ3v) is 4.43. The second kappa shape index (κ2) is 5.19. The molecule has 0 unspecified atom stereocenters. The Kier molecular flexibility index (Phi) is 3.36. The van der Waals surface area contributed by atoms with Gasteiger partial charge < -0.3 is 10.1 Å². The summed E-state index contributed by atoms with van der Waals surface area (Å²) in [6, 6.07) is 10.2. The van der Waals surface area contributed by atoms with Gasteiger partial charge in [-0.25, -0.2) is 8.42 Å². The molecular weight excluding hydrogens is 290 g/mol. The van der Waals surface area contributed by atoms with Crippen molar-refractivity contribution in [1.29, 1.82) is 0 Å². The van der Waals surface area contributed by atoms with Gasteiger partial charge in [-0.1, -0.05) is 6.07 Å². The van der Waals surface area contributed by atoms with E-state index in [1.165, 1.54) is 12.3 Å². The summed E-state index contributed by atoms with van der Waals surface area (Å²) in [5, 5.41) is 9.72. The number of aromatic amines is 1. The summed E-state index contributed by atoms with van der Waals surface area (Å²) in [6.45, 7) is -0.242. The van der Waals surface area contributed by atoms with Gasteiger partial charge in [0.1, 0.15) is 4.90 Å². The standard InChI is InChI=1S/C14H13N3O3S/c18-9-10-7-11(8-16-10)21(19,20)17-14-5-1-4-13-12(14)3-2-6-15-13/h1-8,16-18H,9H2. The third kappa shape index (κ3) is 2.61. The molecule has 1 aromatic carbocycles. The molecule has 0 spiro atoms. The summed E-state index contributed by atoms with van der Waals surface area (Å²) in [7, 11) is -3.71. The fourth-order valence-corrected chi connectivity index (χ4v) is 3.16. The van der Waals surface area contributed by atoms with Crippen LogP contribution in [0.4, 0.5) is 5.69 Å². The molecule has 0 aliphatic carbocycles. The third-order valence-electron chi connectivity index (χ3n) is 3.09. The molecular formula is C14H13N3O3S. The highest BCUT2D eigenvalue weighted by Gasteiger charge is 2.17. The van der Waals surface area contributed by atoms with Crippen LogP contribution in [0.3, 0.4) is 0 Å². The Morgan fingerprint density at radius 3 is 2.86 bits per heavy atom. The second-order valence-electron chi connectivity index (χ2n) is 4.50. The monoisotopic (exact) mass is 303 g/mol. The largest absolute Gasteiger partial charge is 0.390 e. The van der Waals surface area contributed by atoms with Crippen molar-refractivity contribution < 1.29 is 13.5 Å². The number of pyridine rings is 1. The molecule has 0 aliphatic rings. The predicted molar refractivity (Wildman–Crippen MR) is 79.3 cm³/mol. The Hall–Kier alpha value is -2.38. The van der Waals surface area contributed by atoms with E-state index in [2.05, 4.69) is 14.7 Å². The maximum absolute atomic E-state index is 12.3. The lowest BCUT2D eigenvalue weighted by Crippen LogP contribution is -2.12. The van der Waals surface area contributed by atoms with Crippen LogP contribution in [0.15, 0.2) is 53.7 Å². The van der Waals surface area contributed by atoms with Crippen LogP contribution in [0.1, 0.15) is 5.69 Å².